The summed E-state index contributed by atoms with van der Waals surface area (Å²) in [6.07, 6.45) is 1.85. The number of nitrogens with two attached hydrogens (primary N) is 1. The van der Waals surface area contributed by atoms with Gasteiger partial charge in [-0.05, 0) is 43.5 Å². The number of hydrogen-bond acceptors (Lipinski definition) is 3. The van der Waals surface area contributed by atoms with E-state index in [4.69, 9.17) is 5.73 Å². The Labute approximate surface area is 120 Å². The van der Waals surface area contributed by atoms with E-state index in [0.29, 0.717) is 25.3 Å². The van der Waals surface area contributed by atoms with Gasteiger partial charge in [0.25, 0.3) is 0 Å². The molecule has 0 amide bonds. The number of nitrogens with zero attached hydrogens (tertiary/aromatic N) is 1. The van der Waals surface area contributed by atoms with E-state index in [1.54, 1.807) is 18.2 Å². The highest BCUT2D eigenvalue weighted by Gasteiger charge is 2.25. The largest absolute Gasteiger partial charge is 0.320 e. The Morgan fingerprint density at radius 3 is 2.65 bits per heavy atom. The minimum Gasteiger partial charge on any atom is -0.320 e. The van der Waals surface area contributed by atoms with E-state index in [-0.39, 0.29) is 0 Å². The molecule has 1 heterocycles. The lowest BCUT2D eigenvalue weighted by atomic mass is 10.1. The van der Waals surface area contributed by atoms with Gasteiger partial charge in [0.1, 0.15) is 0 Å². The van der Waals surface area contributed by atoms with Gasteiger partial charge >= 0.3 is 10.2 Å². The minimum absolute atomic E-state index is 0.308. The van der Waals surface area contributed by atoms with Crippen molar-refractivity contribution in [2.75, 3.05) is 24.4 Å². The average molecular weight is 293 g/mol. The molecule has 108 valence electrons. The molecule has 0 spiro atoms. The SMILES string of the molecule is Cc1cc(NS(=O)(=O)N2CCCC2)ccc1C#CCN. The summed E-state index contributed by atoms with van der Waals surface area (Å²) in [6, 6.07) is 5.31. The highest BCUT2D eigenvalue weighted by molar-refractivity contribution is 7.90. The summed E-state index contributed by atoms with van der Waals surface area (Å²) in [4.78, 5) is 0. The van der Waals surface area contributed by atoms with Gasteiger partial charge in [0.2, 0.25) is 0 Å². The summed E-state index contributed by atoms with van der Waals surface area (Å²) >= 11 is 0. The lowest BCUT2D eigenvalue weighted by Gasteiger charge is -2.17. The van der Waals surface area contributed by atoms with Crippen LogP contribution in [0.2, 0.25) is 0 Å². The van der Waals surface area contributed by atoms with Crippen LogP contribution in [0.4, 0.5) is 5.69 Å². The van der Waals surface area contributed by atoms with E-state index in [2.05, 4.69) is 16.6 Å². The highest BCUT2D eigenvalue weighted by Crippen LogP contribution is 2.19. The molecule has 1 aliphatic heterocycles. The van der Waals surface area contributed by atoms with Gasteiger partial charge in [-0.1, -0.05) is 11.8 Å². The van der Waals surface area contributed by atoms with E-state index in [9.17, 15) is 8.42 Å². The van der Waals surface area contributed by atoms with Crippen molar-refractivity contribution in [3.8, 4) is 11.8 Å². The molecule has 0 aliphatic carbocycles. The van der Waals surface area contributed by atoms with Gasteiger partial charge in [-0.25, -0.2) is 0 Å². The van der Waals surface area contributed by atoms with Crippen LogP contribution in [-0.2, 0) is 10.2 Å². The number of hydrogen-bond donors (Lipinski definition) is 2. The monoisotopic (exact) mass is 293 g/mol. The number of benzene rings is 1. The van der Waals surface area contributed by atoms with Gasteiger partial charge in [-0.15, -0.1) is 0 Å². The molecule has 0 bridgehead atoms. The third-order valence-electron chi connectivity index (χ3n) is 3.20. The molecule has 1 aromatic carbocycles. The second-order valence-electron chi connectivity index (χ2n) is 4.75. The van der Waals surface area contributed by atoms with Crippen LogP contribution >= 0.6 is 0 Å². The van der Waals surface area contributed by atoms with Crippen LogP contribution in [0.3, 0.4) is 0 Å². The zero-order valence-electron chi connectivity index (χ0n) is 11.5. The van der Waals surface area contributed by atoms with E-state index < -0.39 is 10.2 Å². The minimum atomic E-state index is -3.43. The molecular formula is C14H19N3O2S. The van der Waals surface area contributed by atoms with Gasteiger partial charge in [0.05, 0.1) is 12.2 Å². The maximum Gasteiger partial charge on any atom is 0.301 e. The number of anilines is 1. The van der Waals surface area contributed by atoms with E-state index in [1.807, 2.05) is 6.92 Å². The summed E-state index contributed by atoms with van der Waals surface area (Å²) in [5, 5.41) is 0. The van der Waals surface area contributed by atoms with Crippen molar-refractivity contribution in [2.24, 2.45) is 5.73 Å². The van der Waals surface area contributed by atoms with E-state index in [0.717, 1.165) is 24.0 Å². The maximum atomic E-state index is 12.1. The lowest BCUT2D eigenvalue weighted by molar-refractivity contribution is 0.482. The molecule has 1 aromatic rings. The van der Waals surface area contributed by atoms with Crippen LogP contribution in [0, 0.1) is 18.8 Å². The van der Waals surface area contributed by atoms with Crippen LogP contribution in [0.1, 0.15) is 24.0 Å². The van der Waals surface area contributed by atoms with Gasteiger partial charge in [-0.2, -0.15) is 12.7 Å². The smallest absolute Gasteiger partial charge is 0.301 e. The van der Waals surface area contributed by atoms with Crippen molar-refractivity contribution >= 4 is 15.9 Å². The molecule has 5 nitrogen and oxygen atoms in total. The standard InChI is InChI=1S/C14H19N3O2S/c1-12-11-14(7-6-13(12)5-4-8-15)16-20(18,19)17-9-2-3-10-17/h6-7,11,16H,2-3,8-10,15H2,1H3. The molecule has 1 aliphatic rings. The molecule has 3 N–H and O–H groups in total. The quantitative estimate of drug-likeness (QED) is 0.818. The van der Waals surface area contributed by atoms with Crippen LogP contribution in [0.25, 0.3) is 0 Å². The lowest BCUT2D eigenvalue weighted by Crippen LogP contribution is -2.33. The van der Waals surface area contributed by atoms with Gasteiger partial charge in [0.15, 0.2) is 0 Å². The molecule has 0 atom stereocenters. The van der Waals surface area contributed by atoms with Gasteiger partial charge in [-0.3, -0.25) is 4.72 Å². The Hall–Kier alpha value is -1.55. The number of aryl methyl sites for hydroxylation is 1. The normalized spacial score (nSPS) is 15.7. The molecule has 0 unspecified atom stereocenters. The van der Waals surface area contributed by atoms with Crippen molar-refractivity contribution < 1.29 is 8.42 Å². The molecular weight excluding hydrogens is 274 g/mol. The van der Waals surface area contributed by atoms with Gasteiger partial charge in [0, 0.05) is 18.7 Å². The Morgan fingerprint density at radius 1 is 1.35 bits per heavy atom. The van der Waals surface area contributed by atoms with Crippen LogP contribution in [0.5, 0.6) is 0 Å². The van der Waals surface area contributed by atoms with Crippen molar-refractivity contribution in [2.45, 2.75) is 19.8 Å². The number of nitrogens with one attached hydrogen (secondary N) is 1. The van der Waals surface area contributed by atoms with E-state index >= 15 is 0 Å². The molecule has 2 rings (SSSR count). The highest BCUT2D eigenvalue weighted by atomic mass is 32.2. The molecule has 0 aromatic heterocycles. The molecule has 0 radical (unpaired) electrons. The van der Waals surface area contributed by atoms with Crippen molar-refractivity contribution in [3.05, 3.63) is 29.3 Å². The first kappa shape index (κ1) is 14.9. The topological polar surface area (TPSA) is 75.4 Å². The Balaban J connectivity index is 2.16. The first-order valence-electron chi connectivity index (χ1n) is 6.60. The maximum absolute atomic E-state index is 12.1. The third kappa shape index (κ3) is 3.51. The zero-order valence-corrected chi connectivity index (χ0v) is 12.3. The van der Waals surface area contributed by atoms with Crippen molar-refractivity contribution in [3.63, 3.8) is 0 Å². The Morgan fingerprint density at radius 2 is 2.05 bits per heavy atom. The predicted octanol–water partition coefficient (Wildman–Crippen LogP) is 1.06. The predicted molar refractivity (Wildman–Crippen MR) is 80.5 cm³/mol. The second kappa shape index (κ2) is 6.27. The van der Waals surface area contributed by atoms with Crippen LogP contribution in [-0.4, -0.2) is 32.4 Å². The molecule has 1 fully saturated rings. The van der Waals surface area contributed by atoms with Crippen LogP contribution in [0.15, 0.2) is 18.2 Å². The van der Waals surface area contributed by atoms with Crippen LogP contribution < -0.4 is 10.5 Å². The summed E-state index contributed by atoms with van der Waals surface area (Å²) in [5.41, 5.74) is 7.69. The second-order valence-corrected chi connectivity index (χ2v) is 6.42. The fraction of sp³-hybridized carbons (Fsp3) is 0.429. The van der Waals surface area contributed by atoms with E-state index in [1.165, 1.54) is 4.31 Å². The fourth-order valence-electron chi connectivity index (χ4n) is 2.16. The summed E-state index contributed by atoms with van der Waals surface area (Å²) < 4.78 is 28.4. The first-order chi connectivity index (χ1) is 9.53. The fourth-order valence-corrected chi connectivity index (χ4v) is 3.45. The summed E-state index contributed by atoms with van der Waals surface area (Å²) in [7, 11) is -3.43. The van der Waals surface area contributed by atoms with Crippen molar-refractivity contribution in [1.29, 1.82) is 0 Å². The number of rotatable bonds is 3. The average Bonchev–Trinajstić information content (AvgIpc) is 2.92. The summed E-state index contributed by atoms with van der Waals surface area (Å²) in [5.74, 6) is 5.74. The third-order valence-corrected chi connectivity index (χ3v) is 4.74. The molecule has 6 heteroatoms. The zero-order chi connectivity index (χ0) is 14.6. The van der Waals surface area contributed by atoms with Gasteiger partial charge < -0.3 is 5.73 Å². The Bertz CT molecular complexity index is 638. The first-order valence-corrected chi connectivity index (χ1v) is 8.04. The summed E-state index contributed by atoms with van der Waals surface area (Å²) in [6.45, 7) is 3.39. The molecule has 1 saturated heterocycles. The molecule has 20 heavy (non-hydrogen) atoms. The Kier molecular flexibility index (Phi) is 4.65. The molecule has 0 saturated carbocycles. The van der Waals surface area contributed by atoms with Crippen molar-refractivity contribution in [1.82, 2.24) is 4.31 Å².